The van der Waals surface area contributed by atoms with E-state index in [0.717, 1.165) is 18.6 Å². The van der Waals surface area contributed by atoms with E-state index >= 15 is 0 Å². The monoisotopic (exact) mass is 389 g/mol. The molecule has 0 bridgehead atoms. The third kappa shape index (κ3) is 5.87. The lowest BCUT2D eigenvalue weighted by atomic mass is 10.1. The lowest BCUT2D eigenvalue weighted by Crippen LogP contribution is -2.29. The Kier molecular flexibility index (Phi) is 7.62. The predicted octanol–water partition coefficient (Wildman–Crippen LogP) is 2.86. The zero-order valence-corrected chi connectivity index (χ0v) is 15.4. The van der Waals surface area contributed by atoms with Crippen LogP contribution in [0.3, 0.4) is 0 Å². The third-order valence-electron chi connectivity index (χ3n) is 3.79. The highest BCUT2D eigenvalue weighted by atomic mass is 19.1. The van der Waals surface area contributed by atoms with Crippen LogP contribution in [0.1, 0.15) is 40.5 Å². The molecule has 6 nitrogen and oxygen atoms in total. The first kappa shape index (κ1) is 21.0. The second-order valence-corrected chi connectivity index (χ2v) is 5.98. The van der Waals surface area contributed by atoms with Crippen molar-refractivity contribution in [1.29, 1.82) is 0 Å². The van der Waals surface area contributed by atoms with Gasteiger partial charge in [0.25, 0.3) is 11.8 Å². The molecule has 0 radical (unpaired) electrons. The number of nitrogens with one attached hydrogen (secondary N) is 3. The minimum absolute atomic E-state index is 0.0499. The summed E-state index contributed by atoms with van der Waals surface area (Å²) in [5.41, 5.74) is 0.387. The summed E-state index contributed by atoms with van der Waals surface area (Å²) in [5, 5.41) is 7.76. The molecule has 8 heteroatoms. The number of halogens is 2. The van der Waals surface area contributed by atoms with Crippen LogP contribution >= 0.6 is 0 Å². The van der Waals surface area contributed by atoms with Gasteiger partial charge in [-0.05, 0) is 30.7 Å². The molecule has 0 saturated heterocycles. The zero-order chi connectivity index (χ0) is 20.5. The molecule has 0 saturated carbocycles. The second kappa shape index (κ2) is 10.1. The van der Waals surface area contributed by atoms with Crippen molar-refractivity contribution in [2.75, 3.05) is 18.4 Å². The Balaban J connectivity index is 1.89. The Labute approximate surface area is 161 Å². The van der Waals surface area contributed by atoms with Crippen molar-refractivity contribution in [2.24, 2.45) is 0 Å². The van der Waals surface area contributed by atoms with Crippen molar-refractivity contribution in [2.45, 2.75) is 19.8 Å². The molecule has 2 aromatic carbocycles. The molecule has 0 aromatic heterocycles. The summed E-state index contributed by atoms with van der Waals surface area (Å²) in [6, 6.07) is 9.20. The molecular formula is C20H21F2N3O3. The summed E-state index contributed by atoms with van der Waals surface area (Å²) in [6.07, 6.45) is 0.702. The van der Waals surface area contributed by atoms with Gasteiger partial charge in [0, 0.05) is 25.6 Å². The SMILES string of the molecule is CCCNC(=O)c1ccccc1NC(=O)CCNC(=O)c1ccc(F)cc1F. The van der Waals surface area contributed by atoms with E-state index in [-0.39, 0.29) is 24.4 Å². The number of hydrogen-bond acceptors (Lipinski definition) is 3. The Morgan fingerprint density at radius 2 is 1.57 bits per heavy atom. The second-order valence-electron chi connectivity index (χ2n) is 5.98. The number of carbonyl (C=O) groups excluding carboxylic acids is 3. The molecule has 0 spiro atoms. The zero-order valence-electron chi connectivity index (χ0n) is 15.4. The van der Waals surface area contributed by atoms with Crippen LogP contribution in [0.15, 0.2) is 42.5 Å². The van der Waals surface area contributed by atoms with E-state index in [1.54, 1.807) is 24.3 Å². The third-order valence-corrected chi connectivity index (χ3v) is 3.79. The van der Waals surface area contributed by atoms with Gasteiger partial charge >= 0.3 is 0 Å². The standard InChI is InChI=1S/C20H21F2N3O3/c1-2-10-23-20(28)15-5-3-4-6-17(15)25-18(26)9-11-24-19(27)14-8-7-13(21)12-16(14)22/h3-8,12H,2,9-11H2,1H3,(H,23,28)(H,24,27)(H,25,26). The number of benzene rings is 2. The van der Waals surface area contributed by atoms with Gasteiger partial charge in [-0.1, -0.05) is 19.1 Å². The minimum atomic E-state index is -0.978. The fourth-order valence-electron chi connectivity index (χ4n) is 2.39. The largest absolute Gasteiger partial charge is 0.352 e. The van der Waals surface area contributed by atoms with Crippen LogP contribution in [0.2, 0.25) is 0 Å². The number of anilines is 1. The van der Waals surface area contributed by atoms with Crippen LogP contribution in [0, 0.1) is 11.6 Å². The highest BCUT2D eigenvalue weighted by Gasteiger charge is 2.14. The fourth-order valence-corrected chi connectivity index (χ4v) is 2.39. The average Bonchev–Trinajstić information content (AvgIpc) is 2.66. The van der Waals surface area contributed by atoms with Gasteiger partial charge in [-0.2, -0.15) is 0 Å². The van der Waals surface area contributed by atoms with Crippen molar-refractivity contribution in [1.82, 2.24) is 10.6 Å². The first-order valence-corrected chi connectivity index (χ1v) is 8.82. The molecule has 0 aliphatic rings. The molecule has 0 unspecified atom stereocenters. The summed E-state index contributed by atoms with van der Waals surface area (Å²) in [5.74, 6) is -3.22. The van der Waals surface area contributed by atoms with Crippen LogP contribution in [0.5, 0.6) is 0 Å². The van der Waals surface area contributed by atoms with E-state index in [0.29, 0.717) is 23.9 Å². The molecule has 148 valence electrons. The lowest BCUT2D eigenvalue weighted by Gasteiger charge is -2.11. The summed E-state index contributed by atoms with van der Waals surface area (Å²) < 4.78 is 26.4. The maximum absolute atomic E-state index is 13.6. The fraction of sp³-hybridized carbons (Fsp3) is 0.250. The van der Waals surface area contributed by atoms with E-state index < -0.39 is 23.4 Å². The number of rotatable bonds is 8. The van der Waals surface area contributed by atoms with Gasteiger partial charge in [-0.3, -0.25) is 14.4 Å². The lowest BCUT2D eigenvalue weighted by molar-refractivity contribution is -0.116. The highest BCUT2D eigenvalue weighted by molar-refractivity contribution is 6.03. The number of amides is 3. The summed E-state index contributed by atoms with van der Waals surface area (Å²) in [6.45, 7) is 2.40. The molecule has 0 atom stereocenters. The van der Waals surface area contributed by atoms with Crippen molar-refractivity contribution < 1.29 is 23.2 Å². The van der Waals surface area contributed by atoms with Gasteiger partial charge in [0.1, 0.15) is 11.6 Å². The van der Waals surface area contributed by atoms with Crippen molar-refractivity contribution in [3.63, 3.8) is 0 Å². The smallest absolute Gasteiger partial charge is 0.254 e. The van der Waals surface area contributed by atoms with Crippen molar-refractivity contribution in [3.8, 4) is 0 Å². The van der Waals surface area contributed by atoms with Gasteiger partial charge < -0.3 is 16.0 Å². The van der Waals surface area contributed by atoms with Crippen LogP contribution in [-0.4, -0.2) is 30.8 Å². The predicted molar refractivity (Wildman–Crippen MR) is 101 cm³/mol. The molecule has 3 N–H and O–H groups in total. The molecule has 2 aromatic rings. The van der Waals surface area contributed by atoms with E-state index in [2.05, 4.69) is 16.0 Å². The Hall–Kier alpha value is -3.29. The topological polar surface area (TPSA) is 87.3 Å². The van der Waals surface area contributed by atoms with Gasteiger partial charge in [0.2, 0.25) is 5.91 Å². The van der Waals surface area contributed by atoms with E-state index in [1.165, 1.54) is 0 Å². The number of hydrogen-bond donors (Lipinski definition) is 3. The normalized spacial score (nSPS) is 10.2. The maximum Gasteiger partial charge on any atom is 0.254 e. The van der Waals surface area contributed by atoms with Gasteiger partial charge in [0.15, 0.2) is 0 Å². The molecule has 0 fully saturated rings. The van der Waals surface area contributed by atoms with Crippen molar-refractivity contribution in [3.05, 3.63) is 65.2 Å². The molecule has 0 aliphatic carbocycles. The van der Waals surface area contributed by atoms with E-state index in [9.17, 15) is 23.2 Å². The molecule has 0 heterocycles. The first-order valence-electron chi connectivity index (χ1n) is 8.82. The van der Waals surface area contributed by atoms with Gasteiger partial charge in [0.05, 0.1) is 16.8 Å². The van der Waals surface area contributed by atoms with Crippen molar-refractivity contribution >= 4 is 23.4 Å². The quantitative estimate of drug-likeness (QED) is 0.649. The first-order chi connectivity index (χ1) is 13.4. The number of carbonyl (C=O) groups is 3. The Morgan fingerprint density at radius 3 is 2.29 bits per heavy atom. The molecule has 28 heavy (non-hydrogen) atoms. The van der Waals surface area contributed by atoms with E-state index in [4.69, 9.17) is 0 Å². The molecule has 2 rings (SSSR count). The van der Waals surface area contributed by atoms with Crippen LogP contribution in [0.4, 0.5) is 14.5 Å². The van der Waals surface area contributed by atoms with Gasteiger partial charge in [-0.25, -0.2) is 8.78 Å². The summed E-state index contributed by atoms with van der Waals surface area (Å²) >= 11 is 0. The molecule has 3 amide bonds. The van der Waals surface area contributed by atoms with Crippen LogP contribution < -0.4 is 16.0 Å². The van der Waals surface area contributed by atoms with Gasteiger partial charge in [-0.15, -0.1) is 0 Å². The maximum atomic E-state index is 13.6. The minimum Gasteiger partial charge on any atom is -0.352 e. The highest BCUT2D eigenvalue weighted by Crippen LogP contribution is 2.15. The summed E-state index contributed by atoms with van der Waals surface area (Å²) in [7, 11) is 0. The van der Waals surface area contributed by atoms with Crippen LogP contribution in [0.25, 0.3) is 0 Å². The Morgan fingerprint density at radius 1 is 0.893 bits per heavy atom. The van der Waals surface area contributed by atoms with Crippen LogP contribution in [-0.2, 0) is 4.79 Å². The number of para-hydroxylation sites is 1. The molecule has 0 aliphatic heterocycles. The van der Waals surface area contributed by atoms with E-state index in [1.807, 2.05) is 6.92 Å². The Bertz CT molecular complexity index is 872. The molecular weight excluding hydrogens is 368 g/mol. The average molecular weight is 389 g/mol. The summed E-state index contributed by atoms with van der Waals surface area (Å²) in [4.78, 5) is 36.2.